The molecule has 0 saturated heterocycles. The Kier molecular flexibility index (Phi) is 8.19. The minimum atomic E-state index is -0.653. The molecule has 156 valence electrons. The first kappa shape index (κ1) is 22.4. The van der Waals surface area contributed by atoms with Crippen LogP contribution in [0.1, 0.15) is 38.3 Å². The molecule has 0 bridgehead atoms. The molecule has 29 heavy (non-hydrogen) atoms. The fourth-order valence-corrected chi connectivity index (χ4v) is 2.85. The maximum atomic E-state index is 13.2. The summed E-state index contributed by atoms with van der Waals surface area (Å²) in [6.07, 6.45) is 0.961. The molecule has 5 nitrogen and oxygen atoms in total. The van der Waals surface area contributed by atoms with Gasteiger partial charge in [-0.1, -0.05) is 31.2 Å². The molecule has 2 unspecified atom stereocenters. The Hall–Kier alpha value is -2.89. The van der Waals surface area contributed by atoms with E-state index in [1.54, 1.807) is 38.3 Å². The van der Waals surface area contributed by atoms with Crippen molar-refractivity contribution in [3.8, 4) is 5.75 Å². The summed E-state index contributed by atoms with van der Waals surface area (Å²) in [5.41, 5.74) is 1.59. The zero-order valence-electron chi connectivity index (χ0n) is 17.4. The second kappa shape index (κ2) is 10.6. The standard InChI is InChI=1S/C23H29FN2O3/c1-5-16(2)25-23(28)17(3)26(15-19-6-10-20(24)11-7-19)22(27)14-18-8-12-21(29-4)13-9-18/h6-13,16-17H,5,14-15H2,1-4H3,(H,25,28). The molecule has 0 fully saturated rings. The molecule has 0 radical (unpaired) electrons. The minimum Gasteiger partial charge on any atom is -0.497 e. The third-order valence-electron chi connectivity index (χ3n) is 4.95. The molecule has 0 aromatic heterocycles. The Morgan fingerprint density at radius 3 is 2.17 bits per heavy atom. The molecular weight excluding hydrogens is 371 g/mol. The largest absolute Gasteiger partial charge is 0.497 e. The number of nitrogens with zero attached hydrogens (tertiary/aromatic N) is 1. The van der Waals surface area contributed by atoms with Gasteiger partial charge in [0.25, 0.3) is 0 Å². The van der Waals surface area contributed by atoms with Gasteiger partial charge in [-0.25, -0.2) is 4.39 Å². The molecule has 0 aliphatic carbocycles. The number of methoxy groups -OCH3 is 1. The number of benzene rings is 2. The van der Waals surface area contributed by atoms with Crippen LogP contribution in [-0.2, 0) is 22.6 Å². The number of carbonyl (C=O) groups excluding carboxylic acids is 2. The van der Waals surface area contributed by atoms with Crippen molar-refractivity contribution in [3.63, 3.8) is 0 Å². The lowest BCUT2D eigenvalue weighted by atomic mass is 10.1. The van der Waals surface area contributed by atoms with E-state index in [0.29, 0.717) is 5.75 Å². The maximum absolute atomic E-state index is 13.2. The van der Waals surface area contributed by atoms with Gasteiger partial charge in [-0.15, -0.1) is 0 Å². The van der Waals surface area contributed by atoms with Gasteiger partial charge in [-0.05, 0) is 55.7 Å². The van der Waals surface area contributed by atoms with E-state index in [9.17, 15) is 14.0 Å². The van der Waals surface area contributed by atoms with Gasteiger partial charge in [0.05, 0.1) is 13.5 Å². The van der Waals surface area contributed by atoms with Crippen LogP contribution in [-0.4, -0.2) is 35.9 Å². The van der Waals surface area contributed by atoms with E-state index >= 15 is 0 Å². The molecule has 6 heteroatoms. The SMILES string of the molecule is CCC(C)NC(=O)C(C)N(Cc1ccc(F)cc1)C(=O)Cc1ccc(OC)cc1. The average molecular weight is 400 g/mol. The zero-order valence-corrected chi connectivity index (χ0v) is 17.4. The van der Waals surface area contributed by atoms with Crippen molar-refractivity contribution in [2.75, 3.05) is 7.11 Å². The minimum absolute atomic E-state index is 0.0225. The highest BCUT2D eigenvalue weighted by Gasteiger charge is 2.26. The second-order valence-corrected chi connectivity index (χ2v) is 7.17. The predicted octanol–water partition coefficient (Wildman–Crippen LogP) is 3.71. The molecule has 0 aliphatic heterocycles. The van der Waals surface area contributed by atoms with Gasteiger partial charge < -0.3 is 15.0 Å². The quantitative estimate of drug-likeness (QED) is 0.698. The molecule has 2 amide bonds. The Labute approximate surface area is 171 Å². The van der Waals surface area contributed by atoms with E-state index in [1.165, 1.54) is 17.0 Å². The summed E-state index contributed by atoms with van der Waals surface area (Å²) in [6, 6.07) is 12.6. The molecule has 2 aromatic rings. The normalized spacial score (nSPS) is 12.7. The summed E-state index contributed by atoms with van der Waals surface area (Å²) in [7, 11) is 1.59. The third-order valence-corrected chi connectivity index (χ3v) is 4.95. The molecule has 0 heterocycles. The summed E-state index contributed by atoms with van der Waals surface area (Å²) in [6.45, 7) is 5.85. The van der Waals surface area contributed by atoms with E-state index < -0.39 is 6.04 Å². The summed E-state index contributed by atoms with van der Waals surface area (Å²) >= 11 is 0. The number of ether oxygens (including phenoxy) is 1. The average Bonchev–Trinajstić information content (AvgIpc) is 2.73. The van der Waals surface area contributed by atoms with Crippen LogP contribution < -0.4 is 10.1 Å². The first-order valence-electron chi connectivity index (χ1n) is 9.81. The Bertz CT molecular complexity index is 806. The Morgan fingerprint density at radius 2 is 1.62 bits per heavy atom. The number of amides is 2. The smallest absolute Gasteiger partial charge is 0.242 e. The number of hydrogen-bond acceptors (Lipinski definition) is 3. The monoisotopic (exact) mass is 400 g/mol. The van der Waals surface area contributed by atoms with Gasteiger partial charge in [0.1, 0.15) is 17.6 Å². The van der Waals surface area contributed by atoms with Crippen molar-refractivity contribution in [1.82, 2.24) is 10.2 Å². The highest BCUT2D eigenvalue weighted by Crippen LogP contribution is 2.16. The van der Waals surface area contributed by atoms with Gasteiger partial charge >= 0.3 is 0 Å². The van der Waals surface area contributed by atoms with Crippen LogP contribution in [0.25, 0.3) is 0 Å². The zero-order chi connectivity index (χ0) is 21.4. The van der Waals surface area contributed by atoms with Crippen LogP contribution in [0.2, 0.25) is 0 Å². The van der Waals surface area contributed by atoms with E-state index in [4.69, 9.17) is 4.74 Å². The van der Waals surface area contributed by atoms with Gasteiger partial charge in [0.2, 0.25) is 11.8 Å². The van der Waals surface area contributed by atoms with Crippen LogP contribution in [0.5, 0.6) is 5.75 Å². The molecule has 0 spiro atoms. The lowest BCUT2D eigenvalue weighted by Crippen LogP contribution is -2.49. The number of carbonyl (C=O) groups is 2. The lowest BCUT2D eigenvalue weighted by Gasteiger charge is -2.30. The molecule has 0 saturated carbocycles. The van der Waals surface area contributed by atoms with E-state index in [2.05, 4.69) is 5.32 Å². The van der Waals surface area contributed by atoms with Gasteiger partial charge in [0.15, 0.2) is 0 Å². The molecular formula is C23H29FN2O3. The van der Waals surface area contributed by atoms with Crippen LogP contribution in [0, 0.1) is 5.82 Å². The number of rotatable bonds is 9. The summed E-state index contributed by atoms with van der Waals surface area (Å²) in [5.74, 6) is -0.00563. The molecule has 1 N–H and O–H groups in total. The molecule has 2 rings (SSSR count). The fraction of sp³-hybridized carbons (Fsp3) is 0.391. The first-order chi connectivity index (χ1) is 13.8. The molecule has 0 aliphatic rings. The highest BCUT2D eigenvalue weighted by atomic mass is 19.1. The highest BCUT2D eigenvalue weighted by molar-refractivity contribution is 5.88. The second-order valence-electron chi connectivity index (χ2n) is 7.17. The van der Waals surface area contributed by atoms with Crippen molar-refractivity contribution in [3.05, 3.63) is 65.5 Å². The number of halogens is 1. The Balaban J connectivity index is 2.20. The van der Waals surface area contributed by atoms with Crippen molar-refractivity contribution >= 4 is 11.8 Å². The van der Waals surface area contributed by atoms with Crippen molar-refractivity contribution in [1.29, 1.82) is 0 Å². The maximum Gasteiger partial charge on any atom is 0.242 e. The van der Waals surface area contributed by atoms with E-state index in [-0.39, 0.29) is 36.6 Å². The Morgan fingerprint density at radius 1 is 1.03 bits per heavy atom. The van der Waals surface area contributed by atoms with Crippen LogP contribution >= 0.6 is 0 Å². The summed E-state index contributed by atoms with van der Waals surface area (Å²) in [4.78, 5) is 27.3. The van der Waals surface area contributed by atoms with E-state index in [0.717, 1.165) is 17.5 Å². The van der Waals surface area contributed by atoms with Crippen molar-refractivity contribution < 1.29 is 18.7 Å². The van der Waals surface area contributed by atoms with Crippen molar-refractivity contribution in [2.24, 2.45) is 0 Å². The number of nitrogens with one attached hydrogen (secondary N) is 1. The van der Waals surface area contributed by atoms with Crippen molar-refractivity contribution in [2.45, 2.75) is 52.2 Å². The summed E-state index contributed by atoms with van der Waals surface area (Å²) in [5, 5.41) is 2.93. The van der Waals surface area contributed by atoms with E-state index in [1.807, 2.05) is 26.0 Å². The lowest BCUT2D eigenvalue weighted by molar-refractivity contribution is -0.140. The molecule has 2 atom stereocenters. The topological polar surface area (TPSA) is 58.6 Å². The van der Waals surface area contributed by atoms with Gasteiger partial charge in [0, 0.05) is 12.6 Å². The third kappa shape index (κ3) is 6.59. The van der Waals surface area contributed by atoms with Crippen LogP contribution in [0.3, 0.4) is 0 Å². The molecule has 2 aromatic carbocycles. The van der Waals surface area contributed by atoms with Crippen LogP contribution in [0.15, 0.2) is 48.5 Å². The number of hydrogen-bond donors (Lipinski definition) is 1. The first-order valence-corrected chi connectivity index (χ1v) is 9.81. The van der Waals surface area contributed by atoms with Gasteiger partial charge in [-0.2, -0.15) is 0 Å². The van der Waals surface area contributed by atoms with Gasteiger partial charge in [-0.3, -0.25) is 9.59 Å². The van der Waals surface area contributed by atoms with Crippen LogP contribution in [0.4, 0.5) is 4.39 Å². The fourth-order valence-electron chi connectivity index (χ4n) is 2.85. The predicted molar refractivity (Wildman–Crippen MR) is 111 cm³/mol. The summed E-state index contributed by atoms with van der Waals surface area (Å²) < 4.78 is 18.4.